The molecule has 0 amide bonds. The number of nitrogens with one attached hydrogen (secondary N) is 1. The molecule has 3 nitrogen and oxygen atoms in total. The van der Waals surface area contributed by atoms with E-state index in [1.165, 1.54) is 6.07 Å². The van der Waals surface area contributed by atoms with Crippen LogP contribution < -0.4 is 5.48 Å². The molecule has 3 rings (SSSR count). The first-order chi connectivity index (χ1) is 8.13. The van der Waals surface area contributed by atoms with Crippen LogP contribution in [0.2, 0.25) is 0 Å². The lowest BCUT2D eigenvalue weighted by atomic mass is 9.80. The lowest BCUT2D eigenvalue weighted by Gasteiger charge is -2.27. The van der Waals surface area contributed by atoms with Gasteiger partial charge < -0.3 is 9.57 Å². The molecular formula is C12H13BrFNO2. The SMILES string of the molecule is CC1OC[C@]2(c3cc(Br)ccc3F)NOC[C@H]12. The first kappa shape index (κ1) is 11.6. The molecule has 1 aromatic rings. The van der Waals surface area contributed by atoms with Crippen molar-refractivity contribution < 1.29 is 14.0 Å². The summed E-state index contributed by atoms with van der Waals surface area (Å²) in [4.78, 5) is 5.32. The largest absolute Gasteiger partial charge is 0.376 e. The van der Waals surface area contributed by atoms with E-state index >= 15 is 0 Å². The molecule has 2 aliphatic rings. The van der Waals surface area contributed by atoms with Crippen molar-refractivity contribution in [3.63, 3.8) is 0 Å². The zero-order chi connectivity index (χ0) is 12.0. The summed E-state index contributed by atoms with van der Waals surface area (Å²) in [5.74, 6) is -0.0831. The van der Waals surface area contributed by atoms with Crippen molar-refractivity contribution in [2.45, 2.75) is 18.6 Å². The van der Waals surface area contributed by atoms with Crippen LogP contribution >= 0.6 is 15.9 Å². The summed E-state index contributed by atoms with van der Waals surface area (Å²) in [5.41, 5.74) is 3.02. The van der Waals surface area contributed by atoms with E-state index in [9.17, 15) is 4.39 Å². The molecule has 1 unspecified atom stereocenters. The molecule has 2 aliphatic heterocycles. The summed E-state index contributed by atoms with van der Waals surface area (Å²) in [6.45, 7) is 2.98. The molecule has 0 radical (unpaired) electrons. The number of halogens is 2. The number of hydrogen-bond donors (Lipinski definition) is 1. The van der Waals surface area contributed by atoms with Gasteiger partial charge in [-0.25, -0.2) is 4.39 Å². The molecule has 0 aliphatic carbocycles. The van der Waals surface area contributed by atoms with Gasteiger partial charge in [-0.15, -0.1) is 0 Å². The van der Waals surface area contributed by atoms with Crippen LogP contribution in [0.5, 0.6) is 0 Å². The molecule has 1 N–H and O–H groups in total. The van der Waals surface area contributed by atoms with E-state index < -0.39 is 5.54 Å². The highest BCUT2D eigenvalue weighted by Gasteiger charge is 2.54. The van der Waals surface area contributed by atoms with E-state index in [0.29, 0.717) is 18.8 Å². The van der Waals surface area contributed by atoms with Gasteiger partial charge in [0.1, 0.15) is 11.4 Å². The molecule has 17 heavy (non-hydrogen) atoms. The van der Waals surface area contributed by atoms with Crippen LogP contribution in [-0.2, 0) is 15.1 Å². The molecule has 2 heterocycles. The van der Waals surface area contributed by atoms with Gasteiger partial charge in [-0.05, 0) is 25.1 Å². The van der Waals surface area contributed by atoms with Gasteiger partial charge in [-0.2, -0.15) is 5.48 Å². The van der Waals surface area contributed by atoms with Crippen LogP contribution in [0.15, 0.2) is 22.7 Å². The van der Waals surface area contributed by atoms with E-state index in [-0.39, 0.29) is 17.8 Å². The molecule has 0 saturated carbocycles. The van der Waals surface area contributed by atoms with Gasteiger partial charge in [0, 0.05) is 16.0 Å². The third kappa shape index (κ3) is 1.64. The molecule has 0 aromatic heterocycles. The number of rotatable bonds is 1. The molecule has 2 fully saturated rings. The Labute approximate surface area is 107 Å². The molecule has 2 saturated heterocycles. The lowest BCUT2D eigenvalue weighted by Crippen LogP contribution is -2.43. The van der Waals surface area contributed by atoms with Crippen LogP contribution in [-0.4, -0.2) is 19.3 Å². The van der Waals surface area contributed by atoms with Crippen LogP contribution in [0.25, 0.3) is 0 Å². The van der Waals surface area contributed by atoms with Gasteiger partial charge >= 0.3 is 0 Å². The summed E-state index contributed by atoms with van der Waals surface area (Å²) in [6.07, 6.45) is 0.0726. The predicted molar refractivity (Wildman–Crippen MR) is 63.8 cm³/mol. The fourth-order valence-corrected chi connectivity index (χ4v) is 3.06. The second-order valence-electron chi connectivity index (χ2n) is 4.63. The van der Waals surface area contributed by atoms with E-state index in [1.54, 1.807) is 12.1 Å². The first-order valence-electron chi connectivity index (χ1n) is 5.59. The maximum Gasteiger partial charge on any atom is 0.128 e. The average molecular weight is 302 g/mol. The average Bonchev–Trinajstić information content (AvgIpc) is 2.85. The minimum Gasteiger partial charge on any atom is -0.376 e. The van der Waals surface area contributed by atoms with Gasteiger partial charge in [0.2, 0.25) is 0 Å². The highest BCUT2D eigenvalue weighted by molar-refractivity contribution is 9.10. The van der Waals surface area contributed by atoms with Gasteiger partial charge in [-0.3, -0.25) is 0 Å². The van der Waals surface area contributed by atoms with Gasteiger partial charge in [0.05, 0.1) is 19.3 Å². The second-order valence-corrected chi connectivity index (χ2v) is 5.55. The minimum atomic E-state index is -0.548. The number of hydrogen-bond acceptors (Lipinski definition) is 3. The van der Waals surface area contributed by atoms with Crippen molar-refractivity contribution in [2.24, 2.45) is 5.92 Å². The summed E-state index contributed by atoms with van der Waals surface area (Å²) in [5, 5.41) is 0. The van der Waals surface area contributed by atoms with Crippen LogP contribution in [0.1, 0.15) is 12.5 Å². The standard InChI is InChI=1S/C12H13BrFNO2/c1-7-10-5-17-15-12(10,6-16-7)9-4-8(13)2-3-11(9)14/h2-4,7,10,15H,5-6H2,1H3/t7?,10-,12-/m1/s1. The Bertz CT molecular complexity index is 456. The highest BCUT2D eigenvalue weighted by atomic mass is 79.9. The minimum absolute atomic E-state index is 0.0726. The lowest BCUT2D eigenvalue weighted by molar-refractivity contribution is 0.00704. The Morgan fingerprint density at radius 3 is 3.18 bits per heavy atom. The Balaban J connectivity index is 2.10. The predicted octanol–water partition coefficient (Wildman–Crippen LogP) is 2.35. The van der Waals surface area contributed by atoms with E-state index in [4.69, 9.17) is 9.57 Å². The third-order valence-electron chi connectivity index (χ3n) is 3.70. The maximum atomic E-state index is 14.0. The van der Waals surface area contributed by atoms with Crippen LogP contribution in [0.4, 0.5) is 4.39 Å². The van der Waals surface area contributed by atoms with Crippen LogP contribution in [0, 0.1) is 11.7 Å². The summed E-state index contributed by atoms with van der Waals surface area (Å²) < 4.78 is 20.5. The fraction of sp³-hybridized carbons (Fsp3) is 0.500. The topological polar surface area (TPSA) is 30.5 Å². The Morgan fingerprint density at radius 2 is 2.35 bits per heavy atom. The highest BCUT2D eigenvalue weighted by Crippen LogP contribution is 2.44. The van der Waals surface area contributed by atoms with Crippen molar-refractivity contribution >= 4 is 15.9 Å². The smallest absolute Gasteiger partial charge is 0.128 e. The van der Waals surface area contributed by atoms with Gasteiger partial charge in [0.25, 0.3) is 0 Å². The molecule has 0 spiro atoms. The maximum absolute atomic E-state index is 14.0. The van der Waals surface area contributed by atoms with E-state index in [0.717, 1.165) is 4.47 Å². The molecule has 92 valence electrons. The summed E-state index contributed by atoms with van der Waals surface area (Å²) >= 11 is 3.38. The molecule has 3 atom stereocenters. The number of benzene rings is 1. The summed E-state index contributed by atoms with van der Waals surface area (Å²) in [6, 6.07) is 4.96. The van der Waals surface area contributed by atoms with Crippen molar-refractivity contribution in [3.05, 3.63) is 34.1 Å². The first-order valence-corrected chi connectivity index (χ1v) is 6.39. The van der Waals surface area contributed by atoms with Crippen molar-refractivity contribution in [2.75, 3.05) is 13.2 Å². The van der Waals surface area contributed by atoms with E-state index in [2.05, 4.69) is 21.4 Å². The third-order valence-corrected chi connectivity index (χ3v) is 4.19. The second kappa shape index (κ2) is 4.02. The normalized spacial score (nSPS) is 36.2. The fourth-order valence-electron chi connectivity index (χ4n) is 2.70. The zero-order valence-electron chi connectivity index (χ0n) is 9.37. The Hall–Kier alpha value is -0.490. The quantitative estimate of drug-likeness (QED) is 0.864. The van der Waals surface area contributed by atoms with Crippen molar-refractivity contribution in [1.29, 1.82) is 0 Å². The zero-order valence-corrected chi connectivity index (χ0v) is 11.0. The van der Waals surface area contributed by atoms with Gasteiger partial charge in [0.15, 0.2) is 0 Å². The number of ether oxygens (including phenoxy) is 1. The molecule has 0 bridgehead atoms. The molecule has 1 aromatic carbocycles. The number of fused-ring (bicyclic) bond motifs is 1. The Kier molecular flexibility index (Phi) is 2.74. The van der Waals surface area contributed by atoms with Crippen molar-refractivity contribution in [3.8, 4) is 0 Å². The van der Waals surface area contributed by atoms with Gasteiger partial charge in [-0.1, -0.05) is 15.9 Å². The van der Waals surface area contributed by atoms with Crippen molar-refractivity contribution in [1.82, 2.24) is 5.48 Å². The molecular weight excluding hydrogens is 289 g/mol. The summed E-state index contributed by atoms with van der Waals surface area (Å²) in [7, 11) is 0. The number of hydroxylamine groups is 1. The van der Waals surface area contributed by atoms with Crippen LogP contribution in [0.3, 0.4) is 0 Å². The monoisotopic (exact) mass is 301 g/mol. The molecule has 5 heteroatoms. The Morgan fingerprint density at radius 1 is 1.53 bits per heavy atom. The van der Waals surface area contributed by atoms with E-state index in [1.807, 2.05) is 6.92 Å².